The Balaban J connectivity index is 2.18. The van der Waals surface area contributed by atoms with E-state index in [0.717, 1.165) is 10.9 Å². The van der Waals surface area contributed by atoms with Gasteiger partial charge in [-0.25, -0.2) is 0 Å². The number of fused-ring (bicyclic) bond motifs is 1. The van der Waals surface area contributed by atoms with Crippen LogP contribution in [0.25, 0.3) is 10.9 Å². The summed E-state index contributed by atoms with van der Waals surface area (Å²) in [7, 11) is 0. The lowest BCUT2D eigenvalue weighted by Gasteiger charge is -2.12. The normalized spacial score (nSPS) is 10.5. The Hall–Kier alpha value is -2.66. The van der Waals surface area contributed by atoms with Crippen molar-refractivity contribution in [3.05, 3.63) is 59.5 Å². The van der Waals surface area contributed by atoms with E-state index in [4.69, 9.17) is 27.5 Å². The highest BCUT2D eigenvalue weighted by Crippen LogP contribution is 2.32. The van der Waals surface area contributed by atoms with E-state index in [2.05, 4.69) is 9.97 Å². The molecule has 3 N–H and O–H groups in total. The van der Waals surface area contributed by atoms with E-state index in [-0.39, 0.29) is 5.84 Å². The van der Waals surface area contributed by atoms with Crippen LogP contribution in [0.1, 0.15) is 5.56 Å². The molecule has 0 aliphatic heterocycles. The molecule has 3 aromatic rings. The minimum Gasteiger partial charge on any atom is -0.454 e. The quantitative estimate of drug-likeness (QED) is 0.573. The Labute approximate surface area is 125 Å². The lowest BCUT2D eigenvalue weighted by Crippen LogP contribution is -2.13. The number of nitrogens with zero attached hydrogens (tertiary/aromatic N) is 2. The number of nitrogens with two attached hydrogens (primary N) is 1. The number of rotatable bonds is 3. The summed E-state index contributed by atoms with van der Waals surface area (Å²) in [6.07, 6.45) is 4.59. The van der Waals surface area contributed by atoms with Gasteiger partial charge in [0.25, 0.3) is 0 Å². The van der Waals surface area contributed by atoms with Gasteiger partial charge in [0.2, 0.25) is 0 Å². The van der Waals surface area contributed by atoms with E-state index < -0.39 is 0 Å². The summed E-state index contributed by atoms with van der Waals surface area (Å²) in [5.41, 5.74) is 6.79. The highest BCUT2D eigenvalue weighted by molar-refractivity contribution is 6.30. The number of benzene rings is 1. The standard InChI is InChI=1S/C15H11ClN4O/c16-9-5-10(7-19-6-9)21-14-11-3-1-2-4-13(11)20-8-12(14)15(17)18/h1-8H,(H3,17,18). The summed E-state index contributed by atoms with van der Waals surface area (Å²) < 4.78 is 5.86. The van der Waals surface area contributed by atoms with Gasteiger partial charge in [0.1, 0.15) is 17.3 Å². The first kappa shape index (κ1) is 13.3. The van der Waals surface area contributed by atoms with Crippen LogP contribution in [0.2, 0.25) is 5.02 Å². The molecule has 5 nitrogen and oxygen atoms in total. The molecule has 0 spiro atoms. The zero-order valence-corrected chi connectivity index (χ0v) is 11.6. The summed E-state index contributed by atoms with van der Waals surface area (Å²) in [6, 6.07) is 9.13. The molecule has 6 heteroatoms. The van der Waals surface area contributed by atoms with E-state index in [1.807, 2.05) is 24.3 Å². The van der Waals surface area contributed by atoms with Crippen LogP contribution in [0.5, 0.6) is 11.5 Å². The summed E-state index contributed by atoms with van der Waals surface area (Å²) in [5.74, 6) is 0.830. The first-order valence-corrected chi connectivity index (χ1v) is 6.53. The molecule has 1 aromatic carbocycles. The molecular weight excluding hydrogens is 288 g/mol. The number of amidine groups is 1. The maximum atomic E-state index is 7.68. The largest absolute Gasteiger partial charge is 0.454 e. The molecule has 104 valence electrons. The zero-order chi connectivity index (χ0) is 14.8. The van der Waals surface area contributed by atoms with Gasteiger partial charge in [-0.1, -0.05) is 23.7 Å². The van der Waals surface area contributed by atoms with Gasteiger partial charge in [-0.05, 0) is 12.1 Å². The van der Waals surface area contributed by atoms with Crippen LogP contribution in [0.4, 0.5) is 0 Å². The molecule has 0 amide bonds. The SMILES string of the molecule is N=C(N)c1cnc2ccccc2c1Oc1cncc(Cl)c1. The predicted octanol–water partition coefficient (Wildman–Crippen LogP) is 3.36. The van der Waals surface area contributed by atoms with E-state index in [0.29, 0.717) is 22.1 Å². The lowest BCUT2D eigenvalue weighted by atomic mass is 10.1. The number of nitrogens with one attached hydrogen (secondary N) is 1. The molecule has 0 saturated heterocycles. The summed E-state index contributed by atoms with van der Waals surface area (Å²) in [4.78, 5) is 8.26. The second-order valence-corrected chi connectivity index (χ2v) is 4.81. The van der Waals surface area contributed by atoms with Crippen molar-refractivity contribution < 1.29 is 4.74 Å². The van der Waals surface area contributed by atoms with Crippen LogP contribution < -0.4 is 10.5 Å². The highest BCUT2D eigenvalue weighted by Gasteiger charge is 2.13. The third kappa shape index (κ3) is 2.64. The number of nitrogen functional groups attached to an aromatic ring is 1. The van der Waals surface area contributed by atoms with E-state index >= 15 is 0 Å². The summed E-state index contributed by atoms with van der Waals surface area (Å²) >= 11 is 5.91. The third-order valence-electron chi connectivity index (χ3n) is 2.92. The second-order valence-electron chi connectivity index (χ2n) is 4.37. The second kappa shape index (κ2) is 5.38. The van der Waals surface area contributed by atoms with Crippen molar-refractivity contribution in [3.63, 3.8) is 0 Å². The van der Waals surface area contributed by atoms with Crippen LogP contribution in [-0.2, 0) is 0 Å². The predicted molar refractivity (Wildman–Crippen MR) is 82.1 cm³/mol. The van der Waals surface area contributed by atoms with E-state index in [1.54, 1.807) is 12.3 Å². The summed E-state index contributed by atoms with van der Waals surface area (Å²) in [6.45, 7) is 0. The third-order valence-corrected chi connectivity index (χ3v) is 3.12. The van der Waals surface area contributed by atoms with Gasteiger partial charge in [-0.15, -0.1) is 0 Å². The number of para-hydroxylation sites is 1. The van der Waals surface area contributed by atoms with Gasteiger partial charge in [-0.3, -0.25) is 15.4 Å². The van der Waals surface area contributed by atoms with Crippen LogP contribution >= 0.6 is 11.6 Å². The van der Waals surface area contributed by atoms with Gasteiger partial charge < -0.3 is 10.5 Å². The maximum absolute atomic E-state index is 7.68. The fourth-order valence-corrected chi connectivity index (χ4v) is 2.15. The molecule has 3 rings (SSSR count). The fraction of sp³-hybridized carbons (Fsp3) is 0. The van der Waals surface area contributed by atoms with E-state index in [1.165, 1.54) is 12.4 Å². The Morgan fingerprint density at radius 1 is 1.19 bits per heavy atom. The molecule has 0 fully saturated rings. The Kier molecular flexibility index (Phi) is 3.41. The number of ether oxygens (including phenoxy) is 1. The van der Waals surface area contributed by atoms with Crippen LogP contribution in [0.3, 0.4) is 0 Å². The van der Waals surface area contributed by atoms with Crippen molar-refractivity contribution in [2.75, 3.05) is 0 Å². The Bertz CT molecular complexity index is 835. The number of aromatic nitrogens is 2. The van der Waals surface area contributed by atoms with Crippen LogP contribution in [0.15, 0.2) is 48.9 Å². The first-order chi connectivity index (χ1) is 10.1. The molecule has 0 atom stereocenters. The molecule has 0 unspecified atom stereocenters. The van der Waals surface area contributed by atoms with E-state index in [9.17, 15) is 0 Å². The van der Waals surface area contributed by atoms with Crippen molar-refractivity contribution in [2.45, 2.75) is 0 Å². The minimum atomic E-state index is -0.113. The topological polar surface area (TPSA) is 84.9 Å². The monoisotopic (exact) mass is 298 g/mol. The number of hydrogen-bond acceptors (Lipinski definition) is 4. The smallest absolute Gasteiger partial charge is 0.149 e. The Morgan fingerprint density at radius 2 is 2.00 bits per heavy atom. The number of halogens is 1. The fourth-order valence-electron chi connectivity index (χ4n) is 1.98. The van der Waals surface area contributed by atoms with Gasteiger partial charge in [0.05, 0.1) is 22.3 Å². The van der Waals surface area contributed by atoms with Gasteiger partial charge in [0, 0.05) is 23.8 Å². The molecule has 0 bridgehead atoms. The number of hydrogen-bond donors (Lipinski definition) is 2. The van der Waals surface area contributed by atoms with Gasteiger partial charge >= 0.3 is 0 Å². The molecule has 0 aliphatic carbocycles. The van der Waals surface area contributed by atoms with Crippen molar-refractivity contribution in [1.82, 2.24) is 9.97 Å². The number of pyridine rings is 2. The van der Waals surface area contributed by atoms with Crippen LogP contribution in [0, 0.1) is 5.41 Å². The summed E-state index contributed by atoms with van der Waals surface area (Å²) in [5, 5.41) is 8.91. The lowest BCUT2D eigenvalue weighted by molar-refractivity contribution is 0.484. The molecular formula is C15H11ClN4O. The Morgan fingerprint density at radius 3 is 2.76 bits per heavy atom. The molecule has 0 radical (unpaired) electrons. The first-order valence-electron chi connectivity index (χ1n) is 6.15. The molecule has 2 aromatic heterocycles. The molecule has 21 heavy (non-hydrogen) atoms. The maximum Gasteiger partial charge on any atom is 0.149 e. The average molecular weight is 299 g/mol. The minimum absolute atomic E-state index is 0.113. The van der Waals surface area contributed by atoms with Crippen molar-refractivity contribution in [1.29, 1.82) is 5.41 Å². The van der Waals surface area contributed by atoms with Gasteiger partial charge in [0.15, 0.2) is 0 Å². The van der Waals surface area contributed by atoms with Gasteiger partial charge in [-0.2, -0.15) is 0 Å². The average Bonchev–Trinajstić information content (AvgIpc) is 2.47. The van der Waals surface area contributed by atoms with Crippen LogP contribution in [-0.4, -0.2) is 15.8 Å². The highest BCUT2D eigenvalue weighted by atomic mass is 35.5. The van der Waals surface area contributed by atoms with Crippen molar-refractivity contribution in [3.8, 4) is 11.5 Å². The molecule has 0 aliphatic rings. The van der Waals surface area contributed by atoms with Crippen molar-refractivity contribution in [2.24, 2.45) is 5.73 Å². The molecule has 0 saturated carbocycles. The molecule has 2 heterocycles. The van der Waals surface area contributed by atoms with Crippen molar-refractivity contribution >= 4 is 28.3 Å². The zero-order valence-electron chi connectivity index (χ0n) is 10.9.